The summed E-state index contributed by atoms with van der Waals surface area (Å²) in [4.78, 5) is 0.00961. The van der Waals surface area contributed by atoms with Crippen LogP contribution in [0.3, 0.4) is 0 Å². The maximum atomic E-state index is 12.5. The van der Waals surface area contributed by atoms with E-state index in [1.54, 1.807) is 12.1 Å². The van der Waals surface area contributed by atoms with Gasteiger partial charge in [-0.05, 0) is 44.6 Å². The van der Waals surface area contributed by atoms with Gasteiger partial charge in [0.05, 0.1) is 24.5 Å². The molecule has 354 valence electrons. The molecule has 5 heteroatoms. The molecule has 1 rings (SSSR count). The molecule has 4 nitrogen and oxygen atoms in total. The topological polar surface area (TPSA) is 57.2 Å². The van der Waals surface area contributed by atoms with Crippen LogP contribution in [0, 0.1) is 0 Å². The zero-order chi connectivity index (χ0) is 43.5. The minimum atomic E-state index is -4.51. The van der Waals surface area contributed by atoms with E-state index in [-0.39, 0.29) is 4.90 Å². The second kappa shape index (κ2) is 42.1. The van der Waals surface area contributed by atoms with Crippen molar-refractivity contribution in [2.45, 2.75) is 302 Å². The van der Waals surface area contributed by atoms with E-state index in [2.05, 4.69) is 20.8 Å². The molecule has 1 aromatic carbocycles. The van der Waals surface area contributed by atoms with E-state index in [1.807, 2.05) is 12.1 Å². The first kappa shape index (κ1) is 57.1. The van der Waals surface area contributed by atoms with Crippen molar-refractivity contribution in [3.8, 4) is 0 Å². The first-order valence-corrected chi connectivity index (χ1v) is 28.7. The van der Waals surface area contributed by atoms with Gasteiger partial charge in [-0.15, -0.1) is 0 Å². The van der Waals surface area contributed by atoms with E-state index in [0.29, 0.717) is 6.54 Å². The Bertz CT molecular complexity index is 1060. The van der Waals surface area contributed by atoms with Gasteiger partial charge in [-0.2, -0.15) is 0 Å². The molecule has 0 unspecified atom stereocenters. The quantitative estimate of drug-likeness (QED) is 0.0373. The second-order valence-electron chi connectivity index (χ2n) is 19.5. The Morgan fingerprint density at radius 2 is 0.567 bits per heavy atom. The minimum absolute atomic E-state index is 0.00961. The summed E-state index contributed by atoms with van der Waals surface area (Å²) in [6.07, 6.45) is 57.2. The molecule has 0 heterocycles. The first-order valence-electron chi connectivity index (χ1n) is 27.3. The maximum Gasteiger partial charge on any atom is 0.124 e. The summed E-state index contributed by atoms with van der Waals surface area (Å²) >= 11 is 0. The highest BCUT2D eigenvalue weighted by molar-refractivity contribution is 7.85. The minimum Gasteiger partial charge on any atom is -0.744 e. The van der Waals surface area contributed by atoms with Gasteiger partial charge in [-0.25, -0.2) is 8.42 Å². The molecule has 0 fully saturated rings. The lowest BCUT2D eigenvalue weighted by Crippen LogP contribution is -2.49. The first-order chi connectivity index (χ1) is 29.4. The summed E-state index contributed by atoms with van der Waals surface area (Å²) in [6.45, 7) is 10.9. The summed E-state index contributed by atoms with van der Waals surface area (Å²) < 4.78 is 38.4. The van der Waals surface area contributed by atoms with Gasteiger partial charge in [0.2, 0.25) is 0 Å². The van der Waals surface area contributed by atoms with Crippen LogP contribution in [0.2, 0.25) is 0 Å². The summed E-state index contributed by atoms with van der Waals surface area (Å²) in [5.41, 5.74) is 0.744. The average Bonchev–Trinajstić information content (AvgIpc) is 3.23. The van der Waals surface area contributed by atoms with E-state index >= 15 is 0 Å². The lowest BCUT2D eigenvalue weighted by molar-refractivity contribution is -0.941. The van der Waals surface area contributed by atoms with E-state index in [1.165, 1.54) is 270 Å². The predicted octanol–water partition coefficient (Wildman–Crippen LogP) is 18.4. The molecule has 0 aliphatic carbocycles. The van der Waals surface area contributed by atoms with Crippen LogP contribution in [0.1, 0.15) is 296 Å². The Kier molecular flexibility index (Phi) is 40.0. The largest absolute Gasteiger partial charge is 0.744 e. The molecule has 1 aromatic rings. The summed E-state index contributed by atoms with van der Waals surface area (Å²) in [7, 11) is -4.51. The van der Waals surface area contributed by atoms with Gasteiger partial charge < -0.3 is 9.04 Å². The Balaban J connectivity index is 2.72. The highest BCUT2D eigenvalue weighted by atomic mass is 32.2. The fraction of sp³-hybridized carbons (Fsp3) is 0.891. The summed E-state index contributed by atoms with van der Waals surface area (Å²) in [5.74, 6) is 0. The molecule has 0 N–H and O–H groups in total. The maximum absolute atomic E-state index is 12.5. The van der Waals surface area contributed by atoms with Gasteiger partial charge in [0.25, 0.3) is 0 Å². The molecular formula is C55H105NO3S. The summed E-state index contributed by atoms with van der Waals surface area (Å²) in [6, 6.07) is 7.14. The highest BCUT2D eigenvalue weighted by Gasteiger charge is 2.28. The molecule has 0 radical (unpaired) electrons. The fourth-order valence-corrected chi connectivity index (χ4v) is 10.4. The number of nitrogens with zero attached hydrogens (tertiary/aromatic N) is 1. The zero-order valence-corrected chi connectivity index (χ0v) is 41.7. The summed E-state index contributed by atoms with van der Waals surface area (Å²) in [5, 5.41) is 0. The van der Waals surface area contributed by atoms with Gasteiger partial charge in [-0.3, -0.25) is 0 Å². The molecule has 0 saturated heterocycles. The molecule has 0 aliphatic heterocycles. The van der Waals surface area contributed by atoms with Gasteiger partial charge in [0.15, 0.2) is 0 Å². The van der Waals surface area contributed by atoms with Gasteiger partial charge in [0, 0.05) is 5.56 Å². The van der Waals surface area contributed by atoms with Crippen molar-refractivity contribution in [3.63, 3.8) is 0 Å². The number of quaternary nitrogens is 1. The SMILES string of the molecule is CCCCCCCCCCCCCCCC[N+](CCCCCCCCCCCCCCCC)(CCCCCCCCCCCCCCCC)Cc1ccccc1S(=O)(=O)[O-]. The molecule has 0 spiro atoms. The standard InChI is InChI=1S/C55H105NO3S/c1-4-7-10-13-16-19-22-25-28-31-34-37-40-45-50-56(53-54-48-43-44-49-55(54)60(57,58)59,51-46-41-38-35-32-29-26-23-20-17-14-11-8-5-2)52-47-42-39-36-33-30-27-24-21-18-15-12-9-6-3/h43-44,48-49H,4-42,45-47,50-53H2,1-3H3. The second-order valence-corrected chi connectivity index (χ2v) is 20.9. The third-order valence-corrected chi connectivity index (χ3v) is 14.6. The molecule has 0 atom stereocenters. The van der Waals surface area contributed by atoms with Crippen molar-refractivity contribution < 1.29 is 17.5 Å². The normalized spacial score (nSPS) is 12.2. The molecule has 0 aromatic heterocycles. The average molecular weight is 861 g/mol. The van der Waals surface area contributed by atoms with Crippen LogP contribution >= 0.6 is 0 Å². The Hall–Kier alpha value is -0.910. The van der Waals surface area contributed by atoms with Crippen molar-refractivity contribution in [1.82, 2.24) is 0 Å². The van der Waals surface area contributed by atoms with E-state index in [4.69, 9.17) is 0 Å². The molecule has 0 amide bonds. The molecule has 0 bridgehead atoms. The van der Waals surface area contributed by atoms with Crippen LogP contribution in [0.15, 0.2) is 29.2 Å². The van der Waals surface area contributed by atoms with Crippen molar-refractivity contribution >= 4 is 10.1 Å². The van der Waals surface area contributed by atoms with Crippen LogP contribution < -0.4 is 0 Å². The molecule has 60 heavy (non-hydrogen) atoms. The fourth-order valence-electron chi connectivity index (χ4n) is 9.74. The van der Waals surface area contributed by atoms with E-state index in [9.17, 15) is 13.0 Å². The Morgan fingerprint density at radius 3 is 0.800 bits per heavy atom. The number of unbranched alkanes of at least 4 members (excludes halogenated alkanes) is 39. The van der Waals surface area contributed by atoms with Crippen molar-refractivity contribution in [1.29, 1.82) is 0 Å². The molecular weight excluding hydrogens is 755 g/mol. The van der Waals surface area contributed by atoms with Crippen LogP contribution in [-0.2, 0) is 16.7 Å². The third kappa shape index (κ3) is 34.6. The van der Waals surface area contributed by atoms with Crippen molar-refractivity contribution in [2.24, 2.45) is 0 Å². The highest BCUT2D eigenvalue weighted by Crippen LogP contribution is 2.26. The lowest BCUT2D eigenvalue weighted by atomic mass is 10.0. The van der Waals surface area contributed by atoms with Crippen molar-refractivity contribution in [2.75, 3.05) is 19.6 Å². The number of hydrogen-bond donors (Lipinski definition) is 0. The number of rotatable bonds is 48. The van der Waals surface area contributed by atoms with Crippen LogP contribution in [-0.4, -0.2) is 37.1 Å². The third-order valence-electron chi connectivity index (χ3n) is 13.7. The monoisotopic (exact) mass is 860 g/mol. The van der Waals surface area contributed by atoms with E-state index in [0.717, 1.165) is 29.7 Å². The molecule has 0 saturated carbocycles. The van der Waals surface area contributed by atoms with Gasteiger partial charge in [-0.1, -0.05) is 270 Å². The predicted molar refractivity (Wildman–Crippen MR) is 264 cm³/mol. The Labute approximate surface area is 377 Å². The lowest BCUT2D eigenvalue weighted by Gasteiger charge is -2.40. The number of hydrogen-bond acceptors (Lipinski definition) is 3. The van der Waals surface area contributed by atoms with Gasteiger partial charge in [0.1, 0.15) is 16.7 Å². The van der Waals surface area contributed by atoms with Crippen molar-refractivity contribution in [3.05, 3.63) is 29.8 Å². The van der Waals surface area contributed by atoms with Crippen LogP contribution in [0.4, 0.5) is 0 Å². The zero-order valence-electron chi connectivity index (χ0n) is 40.9. The number of benzene rings is 1. The molecule has 0 aliphatic rings. The van der Waals surface area contributed by atoms with Crippen LogP contribution in [0.5, 0.6) is 0 Å². The Morgan fingerprint density at radius 1 is 0.350 bits per heavy atom. The van der Waals surface area contributed by atoms with Crippen LogP contribution in [0.25, 0.3) is 0 Å². The van der Waals surface area contributed by atoms with Gasteiger partial charge >= 0.3 is 0 Å². The van der Waals surface area contributed by atoms with E-state index < -0.39 is 10.1 Å². The smallest absolute Gasteiger partial charge is 0.124 e.